The van der Waals surface area contributed by atoms with Gasteiger partial charge < -0.3 is 5.32 Å². The molecule has 0 bridgehead atoms. The first-order valence-electron chi connectivity index (χ1n) is 9.71. The van der Waals surface area contributed by atoms with E-state index in [0.717, 1.165) is 27.3 Å². The molecule has 2 aromatic carbocycles. The summed E-state index contributed by atoms with van der Waals surface area (Å²) < 4.78 is 26.4. The normalized spacial score (nSPS) is 13.6. The number of benzene rings is 2. The van der Waals surface area contributed by atoms with Crippen molar-refractivity contribution in [1.29, 1.82) is 0 Å². The maximum absolute atomic E-state index is 13.1. The number of carbonyl (C=O) groups is 1. The van der Waals surface area contributed by atoms with Crippen molar-refractivity contribution >= 4 is 33.2 Å². The third-order valence-electron chi connectivity index (χ3n) is 4.94. The van der Waals surface area contributed by atoms with Gasteiger partial charge in [-0.05, 0) is 49.9 Å². The molecule has 0 heterocycles. The Morgan fingerprint density at radius 2 is 1.69 bits per heavy atom. The summed E-state index contributed by atoms with van der Waals surface area (Å²) in [5.41, 5.74) is 3.35. The highest BCUT2D eigenvalue weighted by Crippen LogP contribution is 2.28. The number of hydrogen-bond donors (Lipinski definition) is 1. The van der Waals surface area contributed by atoms with Crippen molar-refractivity contribution in [2.75, 3.05) is 10.6 Å². The van der Waals surface area contributed by atoms with Crippen molar-refractivity contribution < 1.29 is 13.2 Å². The summed E-state index contributed by atoms with van der Waals surface area (Å²) in [5.74, 6) is -0.331. The Morgan fingerprint density at radius 1 is 1.07 bits per heavy atom. The van der Waals surface area contributed by atoms with E-state index in [-0.39, 0.29) is 11.9 Å². The molecule has 0 fully saturated rings. The number of anilines is 1. The first kappa shape index (κ1) is 23.2. The van der Waals surface area contributed by atoms with E-state index in [1.54, 1.807) is 25.1 Å². The van der Waals surface area contributed by atoms with Gasteiger partial charge in [0.25, 0.3) is 0 Å². The molecule has 0 aliphatic heterocycles. The van der Waals surface area contributed by atoms with Gasteiger partial charge in [0.1, 0.15) is 6.04 Å². The molecule has 29 heavy (non-hydrogen) atoms. The highest BCUT2D eigenvalue weighted by Gasteiger charge is 2.32. The Morgan fingerprint density at radius 3 is 2.17 bits per heavy atom. The topological polar surface area (TPSA) is 66.5 Å². The molecule has 5 nitrogen and oxygen atoms in total. The minimum atomic E-state index is -3.70. The van der Waals surface area contributed by atoms with Gasteiger partial charge in [0.15, 0.2) is 0 Å². The molecule has 158 valence electrons. The number of nitrogens with zero attached hydrogens (tertiary/aromatic N) is 1. The van der Waals surface area contributed by atoms with Crippen LogP contribution < -0.4 is 9.62 Å². The first-order chi connectivity index (χ1) is 13.6. The predicted molar refractivity (Wildman–Crippen MR) is 120 cm³/mol. The third kappa shape index (κ3) is 5.73. The predicted octanol–water partition coefficient (Wildman–Crippen LogP) is 4.77. The fourth-order valence-corrected chi connectivity index (χ4v) is 4.65. The van der Waals surface area contributed by atoms with Gasteiger partial charge in [0.2, 0.25) is 15.9 Å². The number of hydrogen-bond acceptors (Lipinski definition) is 3. The molecule has 0 aliphatic carbocycles. The van der Waals surface area contributed by atoms with Gasteiger partial charge in [-0.15, -0.1) is 0 Å². The average molecular weight is 437 g/mol. The summed E-state index contributed by atoms with van der Waals surface area (Å²) >= 11 is 6.21. The summed E-state index contributed by atoms with van der Waals surface area (Å²) in [5, 5.41) is 3.48. The zero-order valence-corrected chi connectivity index (χ0v) is 19.1. The van der Waals surface area contributed by atoms with Crippen LogP contribution in [0.15, 0.2) is 42.5 Å². The van der Waals surface area contributed by atoms with E-state index in [4.69, 9.17) is 11.6 Å². The second kappa shape index (κ2) is 9.63. The summed E-state index contributed by atoms with van der Waals surface area (Å²) in [6, 6.07) is 11.9. The molecule has 0 radical (unpaired) electrons. The van der Waals surface area contributed by atoms with Crippen LogP contribution in [0.25, 0.3) is 0 Å². The molecule has 0 saturated carbocycles. The zero-order chi connectivity index (χ0) is 21.8. The van der Waals surface area contributed by atoms with Gasteiger partial charge in [-0.1, -0.05) is 61.3 Å². The Labute approximate surface area is 179 Å². The van der Waals surface area contributed by atoms with Crippen molar-refractivity contribution in [3.8, 4) is 0 Å². The molecule has 7 heteroatoms. The fourth-order valence-electron chi connectivity index (χ4n) is 3.27. The molecule has 0 saturated heterocycles. The molecule has 0 aliphatic rings. The summed E-state index contributed by atoms with van der Waals surface area (Å²) in [6.07, 6.45) is 2.13. The minimum Gasteiger partial charge on any atom is -0.347 e. The molecule has 2 atom stereocenters. The standard InChI is InChI=1S/C22H29ClN2O3S/c1-6-20(17-11-8-15(3)9-12-17)24-22(26)21(7-2)25(29(5,27)28)18-13-10-16(4)19(23)14-18/h8-14,20-21H,6-7H2,1-5H3,(H,24,26)/t20-,21+/m1/s1. The Bertz CT molecular complexity index is 959. The lowest BCUT2D eigenvalue weighted by Crippen LogP contribution is -2.50. The maximum atomic E-state index is 13.1. The number of rotatable bonds is 8. The molecule has 0 aromatic heterocycles. The van der Waals surface area contributed by atoms with Crippen LogP contribution in [0.5, 0.6) is 0 Å². The Hall–Kier alpha value is -2.05. The molecular weight excluding hydrogens is 408 g/mol. The Kier molecular flexibility index (Phi) is 7.72. The molecule has 1 N–H and O–H groups in total. The van der Waals surface area contributed by atoms with Gasteiger partial charge in [-0.2, -0.15) is 0 Å². The van der Waals surface area contributed by atoms with Crippen LogP contribution in [0.1, 0.15) is 49.4 Å². The molecule has 0 unspecified atom stereocenters. The number of halogens is 1. The third-order valence-corrected chi connectivity index (χ3v) is 6.53. The monoisotopic (exact) mass is 436 g/mol. The Balaban J connectivity index is 2.36. The van der Waals surface area contributed by atoms with Crippen molar-refractivity contribution in [3.05, 3.63) is 64.2 Å². The molecule has 1 amide bonds. The largest absolute Gasteiger partial charge is 0.347 e. The van der Waals surface area contributed by atoms with Crippen LogP contribution in [-0.2, 0) is 14.8 Å². The smallest absolute Gasteiger partial charge is 0.244 e. The number of amides is 1. The number of carbonyl (C=O) groups excluding carboxylic acids is 1. The number of nitrogens with one attached hydrogen (secondary N) is 1. The van der Waals surface area contributed by atoms with Crippen molar-refractivity contribution in [2.45, 2.75) is 52.6 Å². The van der Waals surface area contributed by atoms with Gasteiger partial charge >= 0.3 is 0 Å². The average Bonchev–Trinajstić information content (AvgIpc) is 2.66. The van der Waals surface area contributed by atoms with Gasteiger partial charge in [-0.3, -0.25) is 9.10 Å². The first-order valence-corrected chi connectivity index (χ1v) is 11.9. The maximum Gasteiger partial charge on any atom is 0.244 e. The van der Waals surface area contributed by atoms with Gasteiger partial charge in [0.05, 0.1) is 18.0 Å². The van der Waals surface area contributed by atoms with E-state index < -0.39 is 16.1 Å². The second-order valence-electron chi connectivity index (χ2n) is 7.30. The summed E-state index contributed by atoms with van der Waals surface area (Å²) in [4.78, 5) is 13.1. The summed E-state index contributed by atoms with van der Waals surface area (Å²) in [7, 11) is -3.70. The summed E-state index contributed by atoms with van der Waals surface area (Å²) in [6.45, 7) is 7.63. The second-order valence-corrected chi connectivity index (χ2v) is 9.56. The number of aryl methyl sites for hydroxylation is 2. The van der Waals surface area contributed by atoms with E-state index in [1.165, 1.54) is 0 Å². The van der Waals surface area contributed by atoms with Crippen LogP contribution in [0.4, 0.5) is 5.69 Å². The molecular formula is C22H29ClN2O3S. The minimum absolute atomic E-state index is 0.194. The number of sulfonamides is 1. The van der Waals surface area contributed by atoms with Crippen molar-refractivity contribution in [2.24, 2.45) is 0 Å². The van der Waals surface area contributed by atoms with Gasteiger partial charge in [0, 0.05) is 5.02 Å². The van der Waals surface area contributed by atoms with Crippen LogP contribution in [0.2, 0.25) is 5.02 Å². The highest BCUT2D eigenvalue weighted by atomic mass is 35.5. The van der Waals surface area contributed by atoms with Crippen molar-refractivity contribution in [3.63, 3.8) is 0 Å². The SMILES string of the molecule is CC[C@@H](NC(=O)[C@H](CC)N(c1ccc(C)c(Cl)c1)S(C)(=O)=O)c1ccc(C)cc1. The molecule has 0 spiro atoms. The lowest BCUT2D eigenvalue weighted by Gasteiger charge is -2.31. The van der Waals surface area contributed by atoms with Crippen molar-refractivity contribution in [1.82, 2.24) is 5.32 Å². The lowest BCUT2D eigenvalue weighted by atomic mass is 10.0. The van der Waals surface area contributed by atoms with E-state index >= 15 is 0 Å². The quantitative estimate of drug-likeness (QED) is 0.648. The lowest BCUT2D eigenvalue weighted by molar-refractivity contribution is -0.123. The van der Waals surface area contributed by atoms with Crippen LogP contribution in [0.3, 0.4) is 0 Å². The fraction of sp³-hybridized carbons (Fsp3) is 0.409. The van der Waals surface area contributed by atoms with E-state index in [9.17, 15) is 13.2 Å². The van der Waals surface area contributed by atoms with E-state index in [0.29, 0.717) is 23.6 Å². The molecule has 2 aromatic rings. The van der Waals surface area contributed by atoms with Crippen LogP contribution in [-0.4, -0.2) is 26.6 Å². The van der Waals surface area contributed by atoms with Gasteiger partial charge in [-0.25, -0.2) is 8.42 Å². The van der Waals surface area contributed by atoms with E-state index in [1.807, 2.05) is 45.0 Å². The van der Waals surface area contributed by atoms with Crippen LogP contribution >= 0.6 is 11.6 Å². The highest BCUT2D eigenvalue weighted by molar-refractivity contribution is 7.92. The van der Waals surface area contributed by atoms with Crippen LogP contribution in [0, 0.1) is 13.8 Å². The zero-order valence-electron chi connectivity index (χ0n) is 17.6. The molecule has 2 rings (SSSR count). The van der Waals surface area contributed by atoms with E-state index in [2.05, 4.69) is 5.32 Å².